The largest absolute Gasteiger partial charge is 0.481 e. The lowest BCUT2D eigenvalue weighted by Crippen LogP contribution is -2.33. The molecule has 1 rings (SSSR count). The molecule has 0 spiro atoms. The van der Waals surface area contributed by atoms with Gasteiger partial charge in [-0.1, -0.05) is 12.1 Å². The lowest BCUT2D eigenvalue weighted by atomic mass is 10.2. The van der Waals surface area contributed by atoms with Gasteiger partial charge in [-0.25, -0.2) is 4.39 Å². The summed E-state index contributed by atoms with van der Waals surface area (Å²) in [6.07, 6.45) is 0. The lowest BCUT2D eigenvalue weighted by Gasteiger charge is -2.08. The van der Waals surface area contributed by atoms with Gasteiger partial charge in [0, 0.05) is 13.1 Å². The van der Waals surface area contributed by atoms with E-state index < -0.39 is 5.82 Å². The summed E-state index contributed by atoms with van der Waals surface area (Å²) < 4.78 is 18.5. The minimum atomic E-state index is -0.436. The number of nitrogens with two attached hydrogens (primary N) is 1. The predicted octanol–water partition coefficient (Wildman–Crippen LogP) is 0.588. The van der Waals surface area contributed by atoms with Gasteiger partial charge in [0.1, 0.15) is 0 Å². The quantitative estimate of drug-likeness (QED) is 0.772. The van der Waals surface area contributed by atoms with E-state index in [0.29, 0.717) is 18.7 Å². The van der Waals surface area contributed by atoms with Gasteiger partial charge in [-0.15, -0.1) is 0 Å². The number of aryl methyl sites for hydroxylation is 1. The Labute approximate surface area is 93.6 Å². The molecule has 0 heterocycles. The average molecular weight is 226 g/mol. The van der Waals surface area contributed by atoms with Crippen molar-refractivity contribution in [2.45, 2.75) is 6.92 Å². The molecule has 0 aliphatic heterocycles. The Bertz CT molecular complexity index is 369. The molecular weight excluding hydrogens is 211 g/mol. The van der Waals surface area contributed by atoms with E-state index in [2.05, 4.69) is 5.32 Å². The van der Waals surface area contributed by atoms with Crippen LogP contribution in [0.25, 0.3) is 0 Å². The van der Waals surface area contributed by atoms with Gasteiger partial charge in [-0.05, 0) is 18.6 Å². The van der Waals surface area contributed by atoms with E-state index in [1.54, 1.807) is 19.1 Å². The predicted molar refractivity (Wildman–Crippen MR) is 58.7 cm³/mol. The van der Waals surface area contributed by atoms with E-state index in [9.17, 15) is 9.18 Å². The van der Waals surface area contributed by atoms with Crippen LogP contribution in [0.2, 0.25) is 0 Å². The third kappa shape index (κ3) is 3.51. The first-order chi connectivity index (χ1) is 7.65. The van der Waals surface area contributed by atoms with Crippen LogP contribution in [0.4, 0.5) is 4.39 Å². The fourth-order valence-electron chi connectivity index (χ4n) is 1.14. The number of amides is 1. The number of hydrogen-bond acceptors (Lipinski definition) is 3. The summed E-state index contributed by atoms with van der Waals surface area (Å²) in [7, 11) is 0. The van der Waals surface area contributed by atoms with Crippen molar-refractivity contribution < 1.29 is 13.9 Å². The van der Waals surface area contributed by atoms with Gasteiger partial charge in [0.05, 0.1) is 0 Å². The van der Waals surface area contributed by atoms with E-state index in [0.717, 1.165) is 0 Å². The maximum atomic E-state index is 13.4. The molecule has 1 aromatic carbocycles. The molecule has 0 saturated carbocycles. The molecule has 0 aromatic heterocycles. The van der Waals surface area contributed by atoms with Crippen LogP contribution in [-0.2, 0) is 4.79 Å². The van der Waals surface area contributed by atoms with Crippen molar-refractivity contribution in [2.24, 2.45) is 5.73 Å². The number of hydrogen-bond donors (Lipinski definition) is 2. The van der Waals surface area contributed by atoms with Crippen LogP contribution in [0.3, 0.4) is 0 Å². The minimum Gasteiger partial charge on any atom is -0.481 e. The van der Waals surface area contributed by atoms with Crippen molar-refractivity contribution in [3.8, 4) is 5.75 Å². The van der Waals surface area contributed by atoms with Crippen LogP contribution in [-0.4, -0.2) is 25.6 Å². The van der Waals surface area contributed by atoms with Gasteiger partial charge >= 0.3 is 0 Å². The number of halogens is 1. The van der Waals surface area contributed by atoms with Crippen LogP contribution in [0, 0.1) is 12.7 Å². The zero-order valence-electron chi connectivity index (χ0n) is 9.13. The first-order valence-corrected chi connectivity index (χ1v) is 5.00. The van der Waals surface area contributed by atoms with Crippen LogP contribution < -0.4 is 15.8 Å². The first kappa shape index (κ1) is 12.4. The highest BCUT2D eigenvalue weighted by Gasteiger charge is 2.07. The zero-order chi connectivity index (χ0) is 12.0. The molecule has 1 aromatic rings. The van der Waals surface area contributed by atoms with Crippen molar-refractivity contribution in [1.82, 2.24) is 5.32 Å². The second-order valence-corrected chi connectivity index (χ2v) is 3.31. The van der Waals surface area contributed by atoms with E-state index in [-0.39, 0.29) is 18.3 Å². The third-order valence-electron chi connectivity index (χ3n) is 1.98. The fraction of sp³-hybridized carbons (Fsp3) is 0.364. The summed E-state index contributed by atoms with van der Waals surface area (Å²) in [5.74, 6) is -0.664. The van der Waals surface area contributed by atoms with Crippen molar-refractivity contribution in [1.29, 1.82) is 0 Å². The second kappa shape index (κ2) is 6.07. The molecule has 0 aliphatic carbocycles. The van der Waals surface area contributed by atoms with Gasteiger partial charge < -0.3 is 15.8 Å². The highest BCUT2D eigenvalue weighted by atomic mass is 19.1. The number of ether oxygens (including phenoxy) is 1. The molecule has 0 aliphatic rings. The number of carbonyl (C=O) groups excluding carboxylic acids is 1. The maximum Gasteiger partial charge on any atom is 0.257 e. The Balaban J connectivity index is 2.48. The molecule has 0 atom stereocenters. The summed E-state index contributed by atoms with van der Waals surface area (Å²) in [4.78, 5) is 11.2. The number of carbonyl (C=O) groups is 1. The molecule has 4 nitrogen and oxygen atoms in total. The SMILES string of the molecule is Cc1cccc(OCC(=O)NCCN)c1F. The summed E-state index contributed by atoms with van der Waals surface area (Å²) in [5, 5.41) is 2.53. The van der Waals surface area contributed by atoms with Crippen LogP contribution >= 0.6 is 0 Å². The maximum absolute atomic E-state index is 13.4. The Morgan fingerprint density at radius 2 is 2.31 bits per heavy atom. The number of nitrogens with one attached hydrogen (secondary N) is 1. The average Bonchev–Trinajstić information content (AvgIpc) is 2.28. The second-order valence-electron chi connectivity index (χ2n) is 3.31. The van der Waals surface area contributed by atoms with Crippen LogP contribution in [0.1, 0.15) is 5.56 Å². The molecule has 0 unspecified atom stereocenters. The van der Waals surface area contributed by atoms with Gasteiger partial charge in [-0.3, -0.25) is 4.79 Å². The molecule has 0 fully saturated rings. The molecule has 5 heteroatoms. The molecule has 0 saturated heterocycles. The molecule has 1 amide bonds. The van der Waals surface area contributed by atoms with Gasteiger partial charge in [0.25, 0.3) is 5.91 Å². The van der Waals surface area contributed by atoms with E-state index in [4.69, 9.17) is 10.5 Å². The molecule has 0 radical (unpaired) electrons. The van der Waals surface area contributed by atoms with Crippen molar-refractivity contribution in [2.75, 3.05) is 19.7 Å². The van der Waals surface area contributed by atoms with Crippen LogP contribution in [0.5, 0.6) is 5.75 Å². The lowest BCUT2D eigenvalue weighted by molar-refractivity contribution is -0.123. The van der Waals surface area contributed by atoms with Crippen LogP contribution in [0.15, 0.2) is 18.2 Å². The number of benzene rings is 1. The highest BCUT2D eigenvalue weighted by Crippen LogP contribution is 2.19. The monoisotopic (exact) mass is 226 g/mol. The van der Waals surface area contributed by atoms with E-state index >= 15 is 0 Å². The van der Waals surface area contributed by atoms with Gasteiger partial charge in [-0.2, -0.15) is 0 Å². The Morgan fingerprint density at radius 1 is 1.56 bits per heavy atom. The summed E-state index contributed by atoms with van der Waals surface area (Å²) >= 11 is 0. The highest BCUT2D eigenvalue weighted by molar-refractivity contribution is 5.77. The normalized spacial score (nSPS) is 9.94. The molecule has 88 valence electrons. The first-order valence-electron chi connectivity index (χ1n) is 5.00. The summed E-state index contributed by atoms with van der Waals surface area (Å²) in [5.41, 5.74) is 5.70. The van der Waals surface area contributed by atoms with E-state index in [1.807, 2.05) is 0 Å². The van der Waals surface area contributed by atoms with Crippen molar-refractivity contribution >= 4 is 5.91 Å². The van der Waals surface area contributed by atoms with Crippen molar-refractivity contribution in [3.05, 3.63) is 29.6 Å². The standard InChI is InChI=1S/C11H15FN2O2/c1-8-3-2-4-9(11(8)12)16-7-10(15)14-6-5-13/h2-4H,5-7,13H2,1H3,(H,14,15). The van der Waals surface area contributed by atoms with E-state index in [1.165, 1.54) is 6.07 Å². The molecule has 3 N–H and O–H groups in total. The fourth-order valence-corrected chi connectivity index (χ4v) is 1.14. The minimum absolute atomic E-state index is 0.0860. The molecule has 0 bridgehead atoms. The Hall–Kier alpha value is -1.62. The number of rotatable bonds is 5. The molecule has 16 heavy (non-hydrogen) atoms. The topological polar surface area (TPSA) is 64.3 Å². The molecular formula is C11H15FN2O2. The summed E-state index contributed by atoms with van der Waals surface area (Å²) in [6.45, 7) is 2.18. The Kier molecular flexibility index (Phi) is 4.72. The van der Waals surface area contributed by atoms with Gasteiger partial charge in [0.2, 0.25) is 0 Å². The smallest absolute Gasteiger partial charge is 0.257 e. The zero-order valence-corrected chi connectivity index (χ0v) is 9.13. The van der Waals surface area contributed by atoms with Crippen molar-refractivity contribution in [3.63, 3.8) is 0 Å². The Morgan fingerprint density at radius 3 is 3.00 bits per heavy atom. The van der Waals surface area contributed by atoms with Gasteiger partial charge in [0.15, 0.2) is 18.2 Å². The third-order valence-corrected chi connectivity index (χ3v) is 1.98. The summed E-state index contributed by atoms with van der Waals surface area (Å²) in [6, 6.07) is 4.79.